The molecule has 1 amide bonds. The number of fused-ring (bicyclic) bond motifs is 3. The molecule has 0 saturated carbocycles. The van der Waals surface area contributed by atoms with Crippen LogP contribution in [0.4, 0.5) is 5.13 Å². The molecule has 7 nitrogen and oxygen atoms in total. The zero-order valence-corrected chi connectivity index (χ0v) is 20.5. The average Bonchev–Trinajstić information content (AvgIpc) is 3.43. The van der Waals surface area contributed by atoms with Gasteiger partial charge in [-0.3, -0.25) is 14.5 Å². The van der Waals surface area contributed by atoms with Crippen LogP contribution in [-0.4, -0.2) is 24.0 Å². The Morgan fingerprint density at radius 2 is 1.81 bits per heavy atom. The normalized spacial score (nSPS) is 15.0. The van der Waals surface area contributed by atoms with E-state index in [1.54, 1.807) is 48.5 Å². The van der Waals surface area contributed by atoms with Crippen molar-refractivity contribution in [1.29, 1.82) is 0 Å². The third-order valence-electron chi connectivity index (χ3n) is 6.45. The van der Waals surface area contributed by atoms with Gasteiger partial charge < -0.3 is 9.15 Å². The SMILES string of the molecule is COC(=O)c1ccc([C@H]2c3c(oc4ccccc4c3=O)C(=O)N2c2nc3c(C)cc(C)cc3s2)cc1. The van der Waals surface area contributed by atoms with Crippen molar-refractivity contribution in [2.75, 3.05) is 12.0 Å². The van der Waals surface area contributed by atoms with E-state index in [1.807, 2.05) is 26.0 Å². The average molecular weight is 497 g/mol. The highest BCUT2D eigenvalue weighted by molar-refractivity contribution is 7.22. The highest BCUT2D eigenvalue weighted by Crippen LogP contribution is 2.44. The fraction of sp³-hybridized carbons (Fsp3) is 0.143. The summed E-state index contributed by atoms with van der Waals surface area (Å²) < 4.78 is 11.8. The van der Waals surface area contributed by atoms with E-state index >= 15 is 0 Å². The summed E-state index contributed by atoms with van der Waals surface area (Å²) in [5.74, 6) is -0.889. The molecule has 0 bridgehead atoms. The second kappa shape index (κ2) is 8.13. The van der Waals surface area contributed by atoms with Gasteiger partial charge in [0, 0.05) is 0 Å². The monoisotopic (exact) mass is 496 g/mol. The van der Waals surface area contributed by atoms with Gasteiger partial charge in [0.2, 0.25) is 5.76 Å². The molecule has 178 valence electrons. The molecule has 3 aromatic carbocycles. The molecule has 1 aliphatic rings. The van der Waals surface area contributed by atoms with Crippen LogP contribution >= 0.6 is 11.3 Å². The van der Waals surface area contributed by atoms with Crippen molar-refractivity contribution < 1.29 is 18.7 Å². The first-order valence-corrected chi connectivity index (χ1v) is 12.1. The Hall–Kier alpha value is -4.30. The molecule has 1 aliphatic heterocycles. The van der Waals surface area contributed by atoms with Gasteiger partial charge in [-0.05, 0) is 60.9 Å². The Morgan fingerprint density at radius 3 is 2.56 bits per heavy atom. The number of carbonyl (C=O) groups is 2. The van der Waals surface area contributed by atoms with E-state index in [-0.39, 0.29) is 16.8 Å². The summed E-state index contributed by atoms with van der Waals surface area (Å²) in [6, 6.07) is 16.9. The molecule has 6 rings (SSSR count). The number of hydrogen-bond donors (Lipinski definition) is 0. The van der Waals surface area contributed by atoms with Gasteiger partial charge in [0.1, 0.15) is 5.58 Å². The fourth-order valence-electron chi connectivity index (χ4n) is 4.81. The molecule has 8 heteroatoms. The van der Waals surface area contributed by atoms with Crippen molar-refractivity contribution in [3.63, 3.8) is 0 Å². The summed E-state index contributed by atoms with van der Waals surface area (Å²) >= 11 is 1.39. The van der Waals surface area contributed by atoms with Crippen LogP contribution in [-0.2, 0) is 4.74 Å². The number of carbonyl (C=O) groups excluding carboxylic acids is 2. The van der Waals surface area contributed by atoms with Crippen LogP contribution in [0.25, 0.3) is 21.2 Å². The Labute approximate surface area is 209 Å². The molecule has 0 aliphatic carbocycles. The maximum absolute atomic E-state index is 13.8. The van der Waals surface area contributed by atoms with Crippen LogP contribution in [0.15, 0.2) is 69.9 Å². The molecule has 2 aromatic heterocycles. The standard InChI is InChI=1S/C28H20N2O5S/c1-14-12-15(2)22-20(13-14)36-28(29-22)30-23(16-8-10-17(11-9-16)27(33)34-3)21-24(31)18-6-4-5-7-19(18)35-25(21)26(30)32/h4-13,23H,1-3H3/t23-/m0/s1. The van der Waals surface area contributed by atoms with E-state index in [0.29, 0.717) is 27.2 Å². The number of thiazole rings is 1. The summed E-state index contributed by atoms with van der Waals surface area (Å²) in [4.78, 5) is 45.8. The van der Waals surface area contributed by atoms with E-state index < -0.39 is 17.9 Å². The highest BCUT2D eigenvalue weighted by atomic mass is 32.1. The Kier molecular flexibility index (Phi) is 5.01. The van der Waals surface area contributed by atoms with Crippen LogP contribution in [0, 0.1) is 13.8 Å². The van der Waals surface area contributed by atoms with Crippen molar-refractivity contribution in [2.24, 2.45) is 0 Å². The van der Waals surface area contributed by atoms with Crippen LogP contribution in [0.1, 0.15) is 49.2 Å². The van der Waals surface area contributed by atoms with Crippen LogP contribution in [0.5, 0.6) is 0 Å². The van der Waals surface area contributed by atoms with Gasteiger partial charge in [-0.25, -0.2) is 9.78 Å². The quantitative estimate of drug-likeness (QED) is 0.304. The first-order valence-electron chi connectivity index (χ1n) is 11.3. The first-order chi connectivity index (χ1) is 17.4. The second-order valence-corrected chi connectivity index (χ2v) is 9.80. The third-order valence-corrected chi connectivity index (χ3v) is 7.45. The van der Waals surface area contributed by atoms with Crippen molar-refractivity contribution in [3.8, 4) is 0 Å². The number of para-hydroxylation sites is 1. The highest BCUT2D eigenvalue weighted by Gasteiger charge is 2.45. The van der Waals surface area contributed by atoms with Gasteiger partial charge in [0.05, 0.1) is 39.9 Å². The minimum atomic E-state index is -0.762. The largest absolute Gasteiger partial charge is 0.465 e. The lowest BCUT2D eigenvalue weighted by molar-refractivity contribution is 0.0600. The molecular weight excluding hydrogens is 476 g/mol. The molecule has 0 N–H and O–H groups in total. The predicted octanol–water partition coefficient (Wildman–Crippen LogP) is 5.56. The van der Waals surface area contributed by atoms with E-state index in [9.17, 15) is 14.4 Å². The molecule has 0 unspecified atom stereocenters. The summed E-state index contributed by atoms with van der Waals surface area (Å²) in [6.45, 7) is 4.00. The number of hydrogen-bond acceptors (Lipinski definition) is 7. The number of esters is 1. The van der Waals surface area contributed by atoms with Crippen molar-refractivity contribution in [2.45, 2.75) is 19.9 Å². The molecule has 0 fully saturated rings. The number of methoxy groups -OCH3 is 1. The molecule has 3 heterocycles. The Balaban J connectivity index is 1.60. The minimum Gasteiger partial charge on any atom is -0.465 e. The number of aromatic nitrogens is 1. The lowest BCUT2D eigenvalue weighted by Gasteiger charge is -2.22. The zero-order chi connectivity index (χ0) is 25.1. The maximum atomic E-state index is 13.8. The number of ether oxygens (including phenoxy) is 1. The number of rotatable bonds is 3. The first kappa shape index (κ1) is 22.2. The lowest BCUT2D eigenvalue weighted by Crippen LogP contribution is -2.29. The second-order valence-electron chi connectivity index (χ2n) is 8.79. The number of nitrogens with zero attached hydrogens (tertiary/aromatic N) is 2. The zero-order valence-electron chi connectivity index (χ0n) is 19.7. The van der Waals surface area contributed by atoms with Gasteiger partial charge in [-0.1, -0.05) is 41.7 Å². The minimum absolute atomic E-state index is 0.00732. The van der Waals surface area contributed by atoms with Crippen molar-refractivity contribution >= 4 is 49.5 Å². The third kappa shape index (κ3) is 3.25. The molecule has 0 spiro atoms. The molecule has 1 atom stereocenters. The van der Waals surface area contributed by atoms with Gasteiger partial charge in [0.25, 0.3) is 5.91 Å². The van der Waals surface area contributed by atoms with Gasteiger partial charge in [-0.15, -0.1) is 0 Å². The van der Waals surface area contributed by atoms with Crippen LogP contribution in [0.3, 0.4) is 0 Å². The van der Waals surface area contributed by atoms with Crippen molar-refractivity contribution in [3.05, 3.63) is 104 Å². The smallest absolute Gasteiger partial charge is 0.337 e. The summed E-state index contributed by atoms with van der Waals surface area (Å²) in [6.07, 6.45) is 0. The maximum Gasteiger partial charge on any atom is 0.337 e. The molecule has 0 saturated heterocycles. The number of amides is 1. The van der Waals surface area contributed by atoms with E-state index in [0.717, 1.165) is 21.3 Å². The van der Waals surface area contributed by atoms with Crippen molar-refractivity contribution in [1.82, 2.24) is 4.98 Å². The summed E-state index contributed by atoms with van der Waals surface area (Å²) in [5, 5.41) is 0.874. The Morgan fingerprint density at radius 1 is 1.06 bits per heavy atom. The van der Waals surface area contributed by atoms with Gasteiger partial charge in [0.15, 0.2) is 10.6 Å². The molecular formula is C28H20N2O5S. The molecule has 0 radical (unpaired) electrons. The summed E-state index contributed by atoms with van der Waals surface area (Å²) in [7, 11) is 1.32. The van der Waals surface area contributed by atoms with Gasteiger partial charge >= 0.3 is 5.97 Å². The lowest BCUT2D eigenvalue weighted by atomic mass is 9.98. The topological polar surface area (TPSA) is 89.7 Å². The molecule has 5 aromatic rings. The Bertz CT molecular complexity index is 1770. The summed E-state index contributed by atoms with van der Waals surface area (Å²) in [5.41, 5.74) is 4.30. The molecule has 36 heavy (non-hydrogen) atoms. The fourth-order valence-corrected chi connectivity index (χ4v) is 5.98. The number of benzene rings is 3. The van der Waals surface area contributed by atoms with Gasteiger partial charge in [-0.2, -0.15) is 0 Å². The van der Waals surface area contributed by atoms with Crippen LogP contribution < -0.4 is 10.3 Å². The van der Waals surface area contributed by atoms with E-state index in [2.05, 4.69) is 0 Å². The van der Waals surface area contributed by atoms with Crippen LogP contribution in [0.2, 0.25) is 0 Å². The number of anilines is 1. The predicted molar refractivity (Wildman–Crippen MR) is 138 cm³/mol. The number of aryl methyl sites for hydroxylation is 2. The van der Waals surface area contributed by atoms with E-state index in [4.69, 9.17) is 14.1 Å². The van der Waals surface area contributed by atoms with E-state index in [1.165, 1.54) is 23.3 Å².